The first-order valence-corrected chi connectivity index (χ1v) is 12.5. The number of fused-ring (bicyclic) bond motifs is 2. The van der Waals surface area contributed by atoms with Crippen molar-refractivity contribution < 1.29 is 23.0 Å². The van der Waals surface area contributed by atoms with Crippen LogP contribution in [0.4, 0.5) is 14.5 Å². The molecule has 10 heteroatoms. The molecule has 1 saturated heterocycles. The van der Waals surface area contributed by atoms with Crippen LogP contribution >= 0.6 is 11.3 Å². The van der Waals surface area contributed by atoms with Crippen LogP contribution in [0.5, 0.6) is 5.75 Å². The SMILES string of the molecule is O=C(NC1CCOc2ccccc21)c1sc2c(-c3cc(F)cc(F)c3)ncnc2c1N1CCOCC1. The van der Waals surface area contributed by atoms with Crippen LogP contribution in [0.1, 0.15) is 27.7 Å². The van der Waals surface area contributed by atoms with Crippen LogP contribution in [0, 0.1) is 11.6 Å². The van der Waals surface area contributed by atoms with E-state index >= 15 is 0 Å². The number of morpholine rings is 1. The monoisotopic (exact) mass is 508 g/mol. The summed E-state index contributed by atoms with van der Waals surface area (Å²) in [6, 6.07) is 10.8. The average Bonchev–Trinajstić information content (AvgIpc) is 3.29. The topological polar surface area (TPSA) is 76.6 Å². The molecule has 6 rings (SSSR count). The first kappa shape index (κ1) is 22.8. The van der Waals surface area contributed by atoms with Crippen molar-refractivity contribution in [2.75, 3.05) is 37.8 Å². The second-order valence-corrected chi connectivity index (χ2v) is 9.66. The molecule has 184 valence electrons. The quantitative estimate of drug-likeness (QED) is 0.430. The zero-order valence-corrected chi connectivity index (χ0v) is 20.0. The zero-order valence-electron chi connectivity index (χ0n) is 19.2. The summed E-state index contributed by atoms with van der Waals surface area (Å²) in [5.41, 5.74) is 2.88. The number of hydrogen-bond acceptors (Lipinski definition) is 7. The number of nitrogens with zero attached hydrogens (tertiary/aromatic N) is 3. The highest BCUT2D eigenvalue weighted by Gasteiger charge is 2.30. The maximum Gasteiger partial charge on any atom is 0.264 e. The van der Waals surface area contributed by atoms with Crippen molar-refractivity contribution in [3.8, 4) is 17.0 Å². The molecular weight excluding hydrogens is 486 g/mol. The normalized spacial score (nSPS) is 17.5. The molecule has 4 aromatic rings. The van der Waals surface area contributed by atoms with Crippen molar-refractivity contribution in [3.05, 3.63) is 70.9 Å². The second kappa shape index (κ2) is 9.44. The number of carbonyl (C=O) groups excluding carboxylic acids is 1. The van der Waals surface area contributed by atoms with Gasteiger partial charge in [-0.25, -0.2) is 18.7 Å². The van der Waals surface area contributed by atoms with Crippen molar-refractivity contribution in [2.24, 2.45) is 0 Å². The summed E-state index contributed by atoms with van der Waals surface area (Å²) >= 11 is 1.23. The molecule has 1 N–H and O–H groups in total. The van der Waals surface area contributed by atoms with Gasteiger partial charge in [0.1, 0.15) is 34.1 Å². The summed E-state index contributed by atoms with van der Waals surface area (Å²) in [6.07, 6.45) is 2.02. The third-order valence-electron chi connectivity index (χ3n) is 6.38. The number of carbonyl (C=O) groups is 1. The van der Waals surface area contributed by atoms with E-state index < -0.39 is 11.6 Å². The van der Waals surface area contributed by atoms with Crippen LogP contribution in [0.15, 0.2) is 48.8 Å². The van der Waals surface area contributed by atoms with Crippen LogP contribution in [-0.2, 0) is 4.74 Å². The predicted octanol–water partition coefficient (Wildman–Crippen LogP) is 4.73. The molecule has 2 aromatic carbocycles. The molecule has 1 unspecified atom stereocenters. The molecule has 0 bridgehead atoms. The summed E-state index contributed by atoms with van der Waals surface area (Å²) in [5.74, 6) is -0.867. The van der Waals surface area contributed by atoms with Gasteiger partial charge in [0.05, 0.1) is 41.9 Å². The summed E-state index contributed by atoms with van der Waals surface area (Å²) in [4.78, 5) is 25.1. The number of halogens is 2. The molecular formula is C26H22F2N4O3S. The van der Waals surface area contributed by atoms with Gasteiger partial charge in [-0.2, -0.15) is 0 Å². The fourth-order valence-electron chi connectivity index (χ4n) is 4.74. The molecule has 0 spiro atoms. The van der Waals surface area contributed by atoms with E-state index in [1.807, 2.05) is 24.3 Å². The first-order chi connectivity index (χ1) is 17.6. The highest BCUT2D eigenvalue weighted by atomic mass is 32.1. The molecule has 0 saturated carbocycles. The van der Waals surface area contributed by atoms with E-state index in [1.54, 1.807) is 0 Å². The number of hydrogen-bond donors (Lipinski definition) is 1. The zero-order chi connectivity index (χ0) is 24.6. The first-order valence-electron chi connectivity index (χ1n) is 11.7. The Morgan fingerprint density at radius 3 is 2.64 bits per heavy atom. The van der Waals surface area contributed by atoms with Crippen molar-refractivity contribution in [3.63, 3.8) is 0 Å². The number of thiophene rings is 1. The minimum Gasteiger partial charge on any atom is -0.493 e. The van der Waals surface area contributed by atoms with E-state index in [0.29, 0.717) is 71.4 Å². The minimum absolute atomic E-state index is 0.201. The Kier molecular flexibility index (Phi) is 5.98. The Morgan fingerprint density at radius 1 is 1.06 bits per heavy atom. The number of amides is 1. The number of aromatic nitrogens is 2. The van der Waals surface area contributed by atoms with E-state index in [2.05, 4.69) is 20.2 Å². The molecule has 4 heterocycles. The minimum atomic E-state index is -0.696. The summed E-state index contributed by atoms with van der Waals surface area (Å²) in [6.45, 7) is 2.75. The fourth-order valence-corrected chi connectivity index (χ4v) is 5.93. The molecule has 2 aliphatic rings. The van der Waals surface area contributed by atoms with Crippen molar-refractivity contribution in [1.29, 1.82) is 0 Å². The number of benzene rings is 2. The van der Waals surface area contributed by atoms with Gasteiger partial charge in [0.2, 0.25) is 0 Å². The van der Waals surface area contributed by atoms with E-state index in [4.69, 9.17) is 9.47 Å². The van der Waals surface area contributed by atoms with Crippen LogP contribution < -0.4 is 15.0 Å². The summed E-state index contributed by atoms with van der Waals surface area (Å²) in [5, 5.41) is 3.17. The molecule has 1 amide bonds. The number of ether oxygens (including phenoxy) is 2. The lowest BCUT2D eigenvalue weighted by molar-refractivity contribution is 0.0927. The maximum atomic E-state index is 14.0. The fraction of sp³-hybridized carbons (Fsp3) is 0.269. The molecule has 0 aliphatic carbocycles. The number of rotatable bonds is 4. The van der Waals surface area contributed by atoms with Crippen molar-refractivity contribution in [1.82, 2.24) is 15.3 Å². The standard InChI is InChI=1S/C26H22F2N4O3S/c27-16-11-15(12-17(28)13-16)21-24-22(30-14-29-21)23(32-6-9-34-10-7-32)25(36-24)26(33)31-19-5-8-35-20-4-2-1-3-18(19)20/h1-4,11-14,19H,5-10H2,(H,31,33). The van der Waals surface area contributed by atoms with E-state index in [9.17, 15) is 13.6 Å². The molecule has 2 aliphatic heterocycles. The van der Waals surface area contributed by atoms with Crippen LogP contribution in [0.3, 0.4) is 0 Å². The van der Waals surface area contributed by atoms with Gasteiger partial charge in [0, 0.05) is 36.7 Å². The third-order valence-corrected chi connectivity index (χ3v) is 7.55. The molecule has 2 aromatic heterocycles. The summed E-state index contributed by atoms with van der Waals surface area (Å²) < 4.78 is 39.9. The Balaban J connectivity index is 1.45. The Bertz CT molecular complexity index is 1430. The lowest BCUT2D eigenvalue weighted by Gasteiger charge is -2.30. The smallest absolute Gasteiger partial charge is 0.264 e. The van der Waals surface area contributed by atoms with Crippen LogP contribution in [0.25, 0.3) is 21.5 Å². The average molecular weight is 509 g/mol. The molecule has 1 fully saturated rings. The Hall–Kier alpha value is -3.63. The lowest BCUT2D eigenvalue weighted by Crippen LogP contribution is -2.38. The maximum absolute atomic E-state index is 14.0. The predicted molar refractivity (Wildman–Crippen MR) is 133 cm³/mol. The van der Waals surface area contributed by atoms with Gasteiger partial charge in [0.15, 0.2) is 0 Å². The largest absolute Gasteiger partial charge is 0.493 e. The van der Waals surface area contributed by atoms with Gasteiger partial charge in [-0.05, 0) is 18.2 Å². The van der Waals surface area contributed by atoms with Gasteiger partial charge in [0.25, 0.3) is 5.91 Å². The van der Waals surface area contributed by atoms with Gasteiger partial charge in [-0.1, -0.05) is 18.2 Å². The van der Waals surface area contributed by atoms with Gasteiger partial charge in [-0.15, -0.1) is 11.3 Å². The number of para-hydroxylation sites is 1. The summed E-state index contributed by atoms with van der Waals surface area (Å²) in [7, 11) is 0. The van der Waals surface area contributed by atoms with Crippen molar-refractivity contribution in [2.45, 2.75) is 12.5 Å². The van der Waals surface area contributed by atoms with Gasteiger partial charge >= 0.3 is 0 Å². The molecule has 0 radical (unpaired) electrons. The molecule has 1 atom stereocenters. The highest BCUT2D eigenvalue weighted by molar-refractivity contribution is 7.22. The lowest BCUT2D eigenvalue weighted by atomic mass is 10.0. The van der Waals surface area contributed by atoms with E-state index in [1.165, 1.54) is 29.8 Å². The van der Waals surface area contributed by atoms with E-state index in [0.717, 1.165) is 17.4 Å². The second-order valence-electron chi connectivity index (χ2n) is 8.64. The third kappa shape index (κ3) is 4.16. The Labute approximate surface area is 209 Å². The van der Waals surface area contributed by atoms with Crippen LogP contribution in [-0.4, -0.2) is 48.8 Å². The van der Waals surface area contributed by atoms with Crippen molar-refractivity contribution >= 4 is 33.1 Å². The van der Waals surface area contributed by atoms with Gasteiger partial charge in [-0.3, -0.25) is 4.79 Å². The van der Waals surface area contributed by atoms with E-state index in [-0.39, 0.29) is 11.9 Å². The van der Waals surface area contributed by atoms with Crippen LogP contribution in [0.2, 0.25) is 0 Å². The highest BCUT2D eigenvalue weighted by Crippen LogP contribution is 2.42. The number of anilines is 1. The molecule has 36 heavy (non-hydrogen) atoms. The van der Waals surface area contributed by atoms with Gasteiger partial charge < -0.3 is 19.7 Å². The Morgan fingerprint density at radius 2 is 1.83 bits per heavy atom. The molecule has 7 nitrogen and oxygen atoms in total. The number of nitrogens with one attached hydrogen (secondary N) is 1.